The largest absolute Gasteiger partial charge is 0.291 e. The Morgan fingerprint density at radius 3 is 2.00 bits per heavy atom. The number of carbonyl (C=O) groups excluding carboxylic acids is 1. The number of hydrogen-bond donors (Lipinski definition) is 0. The summed E-state index contributed by atoms with van der Waals surface area (Å²) in [6, 6.07) is 0. The van der Waals surface area contributed by atoms with Crippen molar-refractivity contribution in [1.82, 2.24) is 0 Å². The van der Waals surface area contributed by atoms with Crippen molar-refractivity contribution in [2.75, 3.05) is 0 Å². The van der Waals surface area contributed by atoms with Gasteiger partial charge in [-0.3, -0.25) is 4.79 Å². The Kier molecular flexibility index (Phi) is 11.9. The van der Waals surface area contributed by atoms with Gasteiger partial charge < -0.3 is 0 Å². The predicted molar refractivity (Wildman–Crippen MR) is 75.9 cm³/mol. The van der Waals surface area contributed by atoms with Gasteiger partial charge in [-0.15, -0.1) is 0 Å². The van der Waals surface area contributed by atoms with Crippen LogP contribution in [0.5, 0.6) is 0 Å². The van der Waals surface area contributed by atoms with Crippen molar-refractivity contribution in [1.29, 1.82) is 0 Å². The molecular formula is C16H31O. The number of rotatable bonds is 12. The van der Waals surface area contributed by atoms with Gasteiger partial charge in [0, 0.05) is 5.92 Å². The lowest BCUT2D eigenvalue weighted by atomic mass is 9.86. The third-order valence-electron chi connectivity index (χ3n) is 3.72. The lowest BCUT2D eigenvalue weighted by Gasteiger charge is -2.17. The first kappa shape index (κ1) is 16.7. The van der Waals surface area contributed by atoms with E-state index in [-0.39, 0.29) is 5.92 Å². The van der Waals surface area contributed by atoms with Crippen LogP contribution in [0.15, 0.2) is 0 Å². The van der Waals surface area contributed by atoms with Crippen molar-refractivity contribution in [2.24, 2.45) is 11.8 Å². The molecule has 0 heterocycles. The monoisotopic (exact) mass is 239 g/mol. The molecule has 0 aromatic heterocycles. The Balaban J connectivity index is 3.56. The van der Waals surface area contributed by atoms with E-state index in [2.05, 4.69) is 27.1 Å². The Labute approximate surface area is 108 Å². The Bertz CT molecular complexity index is 165. The van der Waals surface area contributed by atoms with Gasteiger partial charge in [0.1, 0.15) is 0 Å². The predicted octanol–water partition coefficient (Wildman–Crippen LogP) is 5.29. The highest BCUT2D eigenvalue weighted by molar-refractivity contribution is 5.54. The second kappa shape index (κ2) is 12.1. The van der Waals surface area contributed by atoms with E-state index >= 15 is 0 Å². The first-order valence-corrected chi connectivity index (χ1v) is 7.63. The van der Waals surface area contributed by atoms with Gasteiger partial charge in [-0.2, -0.15) is 0 Å². The van der Waals surface area contributed by atoms with Crippen molar-refractivity contribution in [3.05, 3.63) is 0 Å². The average Bonchev–Trinajstić information content (AvgIpc) is 2.35. The maximum atomic E-state index is 11.0. The SMILES string of the molecule is CCCCCCCCC([C]=O)C(C)CCCC. The van der Waals surface area contributed by atoms with Crippen molar-refractivity contribution >= 4 is 6.29 Å². The van der Waals surface area contributed by atoms with Crippen LogP contribution in [-0.4, -0.2) is 6.29 Å². The van der Waals surface area contributed by atoms with Crippen LogP contribution in [0, 0.1) is 11.8 Å². The molecule has 0 aliphatic rings. The van der Waals surface area contributed by atoms with Crippen molar-refractivity contribution < 1.29 is 4.79 Å². The molecule has 0 rings (SSSR count). The smallest absolute Gasteiger partial charge is 0.202 e. The molecule has 0 fully saturated rings. The highest BCUT2D eigenvalue weighted by Gasteiger charge is 2.16. The van der Waals surface area contributed by atoms with E-state index in [0.717, 1.165) is 6.42 Å². The van der Waals surface area contributed by atoms with Crippen molar-refractivity contribution in [3.63, 3.8) is 0 Å². The fraction of sp³-hybridized carbons (Fsp3) is 0.938. The number of hydrogen-bond acceptors (Lipinski definition) is 1. The zero-order valence-corrected chi connectivity index (χ0v) is 12.1. The molecule has 0 aromatic carbocycles. The summed E-state index contributed by atoms with van der Waals surface area (Å²) in [6.45, 7) is 6.66. The highest BCUT2D eigenvalue weighted by atomic mass is 16.1. The molecule has 17 heavy (non-hydrogen) atoms. The molecule has 2 unspecified atom stereocenters. The van der Waals surface area contributed by atoms with E-state index in [0.29, 0.717) is 5.92 Å². The van der Waals surface area contributed by atoms with Crippen molar-refractivity contribution in [2.45, 2.75) is 85.0 Å². The van der Waals surface area contributed by atoms with E-state index in [9.17, 15) is 4.79 Å². The zero-order chi connectivity index (χ0) is 12.9. The molecule has 101 valence electrons. The molecule has 0 aromatic rings. The van der Waals surface area contributed by atoms with Crippen LogP contribution in [-0.2, 0) is 4.79 Å². The molecule has 0 aliphatic heterocycles. The van der Waals surface area contributed by atoms with E-state index < -0.39 is 0 Å². The minimum Gasteiger partial charge on any atom is -0.291 e. The summed E-state index contributed by atoms with van der Waals surface area (Å²) in [4.78, 5) is 11.0. The van der Waals surface area contributed by atoms with Gasteiger partial charge >= 0.3 is 0 Å². The standard InChI is InChI=1S/C16H31O/c1-4-6-8-9-10-11-13-16(14-17)15(3)12-7-5-2/h15-16H,4-13H2,1-3H3. The van der Waals surface area contributed by atoms with Gasteiger partial charge in [-0.1, -0.05) is 78.6 Å². The molecule has 0 saturated heterocycles. The van der Waals surface area contributed by atoms with Crippen LogP contribution in [0.1, 0.15) is 85.0 Å². The minimum atomic E-state index is 0.188. The molecule has 0 aliphatic carbocycles. The van der Waals surface area contributed by atoms with Gasteiger partial charge in [-0.05, 0) is 12.3 Å². The van der Waals surface area contributed by atoms with Crippen molar-refractivity contribution in [3.8, 4) is 0 Å². The summed E-state index contributed by atoms with van der Waals surface area (Å²) in [6.07, 6.45) is 14.8. The summed E-state index contributed by atoms with van der Waals surface area (Å²) >= 11 is 0. The average molecular weight is 239 g/mol. The Morgan fingerprint density at radius 2 is 1.41 bits per heavy atom. The molecular weight excluding hydrogens is 208 g/mol. The Hall–Kier alpha value is -0.330. The lowest BCUT2D eigenvalue weighted by molar-refractivity contribution is 0.361. The van der Waals surface area contributed by atoms with Crippen LogP contribution >= 0.6 is 0 Å². The lowest BCUT2D eigenvalue weighted by Crippen LogP contribution is -2.13. The van der Waals surface area contributed by atoms with E-state index in [1.54, 1.807) is 0 Å². The third-order valence-corrected chi connectivity index (χ3v) is 3.72. The summed E-state index contributed by atoms with van der Waals surface area (Å²) in [7, 11) is 0. The third kappa shape index (κ3) is 9.38. The van der Waals surface area contributed by atoms with Gasteiger partial charge in [0.2, 0.25) is 6.29 Å². The van der Waals surface area contributed by atoms with Crippen LogP contribution in [0.25, 0.3) is 0 Å². The van der Waals surface area contributed by atoms with E-state index in [1.165, 1.54) is 57.8 Å². The van der Waals surface area contributed by atoms with Crippen LogP contribution in [0.4, 0.5) is 0 Å². The van der Waals surface area contributed by atoms with Crippen LogP contribution < -0.4 is 0 Å². The molecule has 0 amide bonds. The van der Waals surface area contributed by atoms with E-state index in [4.69, 9.17) is 0 Å². The summed E-state index contributed by atoms with van der Waals surface area (Å²) in [5, 5.41) is 0. The van der Waals surface area contributed by atoms with Crippen LogP contribution in [0.2, 0.25) is 0 Å². The minimum absolute atomic E-state index is 0.188. The topological polar surface area (TPSA) is 17.1 Å². The molecule has 0 bridgehead atoms. The van der Waals surface area contributed by atoms with Gasteiger partial charge in [-0.25, -0.2) is 0 Å². The molecule has 1 radical (unpaired) electrons. The summed E-state index contributed by atoms with van der Waals surface area (Å²) in [5.41, 5.74) is 0. The second-order valence-electron chi connectivity index (χ2n) is 5.40. The molecule has 0 N–H and O–H groups in total. The maximum Gasteiger partial charge on any atom is 0.202 e. The quantitative estimate of drug-likeness (QED) is 0.423. The molecule has 0 spiro atoms. The molecule has 1 nitrogen and oxygen atoms in total. The molecule has 0 saturated carbocycles. The normalized spacial score (nSPS) is 14.5. The van der Waals surface area contributed by atoms with E-state index in [1.807, 2.05) is 0 Å². The second-order valence-corrected chi connectivity index (χ2v) is 5.40. The Morgan fingerprint density at radius 1 is 0.824 bits per heavy atom. The maximum absolute atomic E-state index is 11.0. The first-order chi connectivity index (χ1) is 8.26. The fourth-order valence-electron chi connectivity index (χ4n) is 2.33. The summed E-state index contributed by atoms with van der Waals surface area (Å²) < 4.78 is 0. The van der Waals surface area contributed by atoms with Gasteiger partial charge in [0.25, 0.3) is 0 Å². The zero-order valence-electron chi connectivity index (χ0n) is 12.1. The summed E-state index contributed by atoms with van der Waals surface area (Å²) in [5.74, 6) is 0.718. The van der Waals surface area contributed by atoms with Gasteiger partial charge in [0.05, 0.1) is 0 Å². The molecule has 2 atom stereocenters. The highest BCUT2D eigenvalue weighted by Crippen LogP contribution is 2.22. The van der Waals surface area contributed by atoms with Crippen LogP contribution in [0.3, 0.4) is 0 Å². The fourth-order valence-corrected chi connectivity index (χ4v) is 2.33. The molecule has 1 heteroatoms. The first-order valence-electron chi connectivity index (χ1n) is 7.63. The van der Waals surface area contributed by atoms with Gasteiger partial charge in [0.15, 0.2) is 0 Å². The number of unbranched alkanes of at least 4 members (excludes halogenated alkanes) is 6.